The summed E-state index contributed by atoms with van der Waals surface area (Å²) < 4.78 is 20.9. The lowest BCUT2D eigenvalue weighted by molar-refractivity contribution is 0.0740. The zero-order chi connectivity index (χ0) is 19.1. The molecule has 2 aromatic carbocycles. The summed E-state index contributed by atoms with van der Waals surface area (Å²) in [6.07, 6.45) is 0. The van der Waals surface area contributed by atoms with Crippen LogP contribution in [0.2, 0.25) is 0 Å². The Morgan fingerprint density at radius 2 is 1.93 bits per heavy atom. The molecule has 5 nitrogen and oxygen atoms in total. The van der Waals surface area contributed by atoms with Crippen molar-refractivity contribution in [3.8, 4) is 17.0 Å². The maximum Gasteiger partial charge on any atom is 0.272 e. The maximum atomic E-state index is 13.1. The zero-order valence-electron chi connectivity index (χ0n) is 14.9. The highest BCUT2D eigenvalue weighted by Gasteiger charge is 2.29. The molecule has 7 heteroatoms. The molecule has 27 heavy (non-hydrogen) atoms. The molecule has 0 spiro atoms. The summed E-state index contributed by atoms with van der Waals surface area (Å²) in [6, 6.07) is 11.7. The quantitative estimate of drug-likeness (QED) is 0.627. The van der Waals surface area contributed by atoms with Crippen molar-refractivity contribution in [2.75, 3.05) is 7.11 Å². The van der Waals surface area contributed by atoms with Gasteiger partial charge in [-0.25, -0.2) is 4.39 Å². The molecule has 1 aliphatic rings. The summed E-state index contributed by atoms with van der Waals surface area (Å²) in [4.78, 5) is 14.8. The van der Waals surface area contributed by atoms with Crippen molar-refractivity contribution in [2.45, 2.75) is 13.1 Å². The third-order valence-corrected chi connectivity index (χ3v) is 5.63. The number of ether oxygens (including phenoxy) is 1. The van der Waals surface area contributed by atoms with Crippen molar-refractivity contribution < 1.29 is 13.9 Å². The lowest BCUT2D eigenvalue weighted by Gasteiger charge is -2.15. The first-order valence-corrected chi connectivity index (χ1v) is 9.20. The monoisotopic (exact) mass is 429 g/mol. The van der Waals surface area contributed by atoms with Gasteiger partial charge in [-0.2, -0.15) is 5.10 Å². The Balaban J connectivity index is 1.61. The summed E-state index contributed by atoms with van der Waals surface area (Å²) in [7, 11) is 3.36. The summed E-state index contributed by atoms with van der Waals surface area (Å²) in [5.74, 6) is 0.351. The third kappa shape index (κ3) is 3.12. The lowest BCUT2D eigenvalue weighted by atomic mass is 10.1. The van der Waals surface area contributed by atoms with Crippen molar-refractivity contribution in [3.05, 3.63) is 69.6 Å². The van der Waals surface area contributed by atoms with Gasteiger partial charge in [-0.05, 0) is 63.5 Å². The number of hydrogen-bond acceptors (Lipinski definition) is 3. The van der Waals surface area contributed by atoms with Crippen LogP contribution in [0.25, 0.3) is 11.3 Å². The molecule has 0 unspecified atom stereocenters. The number of amides is 1. The van der Waals surface area contributed by atoms with E-state index in [0.717, 1.165) is 26.9 Å². The number of nitrogens with zero attached hydrogens (tertiary/aromatic N) is 3. The Bertz CT molecular complexity index is 1030. The van der Waals surface area contributed by atoms with Crippen LogP contribution in [0.15, 0.2) is 46.9 Å². The van der Waals surface area contributed by atoms with Crippen LogP contribution >= 0.6 is 15.9 Å². The average molecular weight is 430 g/mol. The number of methoxy groups -OCH3 is 1. The Kier molecular flexibility index (Phi) is 4.47. The number of fused-ring (bicyclic) bond motifs is 1. The molecule has 0 bridgehead atoms. The van der Waals surface area contributed by atoms with Gasteiger partial charge >= 0.3 is 0 Å². The molecule has 2 heterocycles. The average Bonchev–Trinajstić information content (AvgIpc) is 3.26. The fourth-order valence-corrected chi connectivity index (χ4v) is 3.98. The first kappa shape index (κ1) is 17.7. The molecule has 0 saturated carbocycles. The Morgan fingerprint density at radius 1 is 1.19 bits per heavy atom. The SMILES string of the molecule is COc1ccc2c(c1Br)CN(C(=O)c1cc(-c3ccc(F)cc3)nn1C)C2. The van der Waals surface area contributed by atoms with E-state index < -0.39 is 0 Å². The van der Waals surface area contributed by atoms with Crippen molar-refractivity contribution >= 4 is 21.8 Å². The second kappa shape index (κ2) is 6.81. The van der Waals surface area contributed by atoms with Gasteiger partial charge in [0.25, 0.3) is 5.91 Å². The molecule has 0 N–H and O–H groups in total. The van der Waals surface area contributed by atoms with E-state index in [-0.39, 0.29) is 11.7 Å². The van der Waals surface area contributed by atoms with Gasteiger partial charge in [0.15, 0.2) is 0 Å². The van der Waals surface area contributed by atoms with E-state index in [1.807, 2.05) is 12.1 Å². The van der Waals surface area contributed by atoms with E-state index in [1.165, 1.54) is 12.1 Å². The number of aromatic nitrogens is 2. The van der Waals surface area contributed by atoms with Crippen LogP contribution in [0, 0.1) is 5.82 Å². The minimum absolute atomic E-state index is 0.0968. The van der Waals surface area contributed by atoms with Gasteiger partial charge < -0.3 is 9.64 Å². The first-order chi connectivity index (χ1) is 13.0. The predicted octanol–water partition coefficient (Wildman–Crippen LogP) is 4.15. The Morgan fingerprint density at radius 3 is 2.63 bits per heavy atom. The largest absolute Gasteiger partial charge is 0.496 e. The van der Waals surface area contributed by atoms with E-state index in [0.29, 0.717) is 24.5 Å². The lowest BCUT2D eigenvalue weighted by Crippen LogP contribution is -2.27. The minimum Gasteiger partial charge on any atom is -0.496 e. The molecule has 0 radical (unpaired) electrons. The smallest absolute Gasteiger partial charge is 0.272 e. The van der Waals surface area contributed by atoms with Crippen LogP contribution < -0.4 is 4.74 Å². The van der Waals surface area contributed by atoms with Gasteiger partial charge in [0.1, 0.15) is 17.3 Å². The van der Waals surface area contributed by atoms with Crippen molar-refractivity contribution in [2.24, 2.45) is 7.05 Å². The van der Waals surface area contributed by atoms with E-state index in [9.17, 15) is 9.18 Å². The number of carbonyl (C=O) groups excluding carboxylic acids is 1. The molecule has 0 saturated heterocycles. The molecule has 138 valence electrons. The van der Waals surface area contributed by atoms with Crippen molar-refractivity contribution in [3.63, 3.8) is 0 Å². The predicted molar refractivity (Wildman–Crippen MR) is 103 cm³/mol. The molecule has 4 rings (SSSR count). The van der Waals surface area contributed by atoms with Crippen molar-refractivity contribution in [1.29, 1.82) is 0 Å². The molecule has 0 atom stereocenters. The first-order valence-electron chi connectivity index (χ1n) is 8.41. The minimum atomic E-state index is -0.304. The van der Waals surface area contributed by atoms with Gasteiger partial charge in [0.2, 0.25) is 0 Å². The number of benzene rings is 2. The van der Waals surface area contributed by atoms with Crippen LogP contribution in [-0.4, -0.2) is 27.7 Å². The number of hydrogen-bond donors (Lipinski definition) is 0. The van der Waals surface area contributed by atoms with Crippen LogP contribution in [0.3, 0.4) is 0 Å². The molecule has 0 aliphatic carbocycles. The second-order valence-electron chi connectivity index (χ2n) is 6.43. The molecule has 1 aliphatic heterocycles. The highest BCUT2D eigenvalue weighted by molar-refractivity contribution is 9.10. The second-order valence-corrected chi connectivity index (χ2v) is 7.22. The van der Waals surface area contributed by atoms with Crippen molar-refractivity contribution in [1.82, 2.24) is 14.7 Å². The maximum absolute atomic E-state index is 13.1. The molecule has 1 aromatic heterocycles. The van der Waals surface area contributed by atoms with Gasteiger partial charge in [-0.1, -0.05) is 6.07 Å². The topological polar surface area (TPSA) is 47.4 Å². The van der Waals surface area contributed by atoms with E-state index >= 15 is 0 Å². The molecule has 0 fully saturated rings. The fourth-order valence-electron chi connectivity index (χ4n) is 3.30. The molecular weight excluding hydrogens is 413 g/mol. The molecule has 1 amide bonds. The summed E-state index contributed by atoms with van der Waals surface area (Å²) in [5, 5.41) is 4.41. The van der Waals surface area contributed by atoms with Gasteiger partial charge in [0.05, 0.1) is 17.3 Å². The molecular formula is C20H17BrFN3O2. The van der Waals surface area contributed by atoms with Gasteiger partial charge in [0, 0.05) is 25.7 Å². The summed E-state index contributed by atoms with van der Waals surface area (Å²) in [6.45, 7) is 1.04. The zero-order valence-corrected chi connectivity index (χ0v) is 16.5. The number of rotatable bonds is 3. The van der Waals surface area contributed by atoms with E-state index in [4.69, 9.17) is 4.74 Å². The highest BCUT2D eigenvalue weighted by Crippen LogP contribution is 2.36. The van der Waals surface area contributed by atoms with E-state index in [1.54, 1.807) is 41.9 Å². The number of carbonyl (C=O) groups is 1. The normalized spacial score (nSPS) is 13.0. The standard InChI is InChI=1S/C20H17BrFN3O2/c1-24-17(9-16(23-24)12-3-6-14(22)7-4-12)20(26)25-10-13-5-8-18(27-2)19(21)15(13)11-25/h3-9H,10-11H2,1-2H3. The summed E-state index contributed by atoms with van der Waals surface area (Å²) >= 11 is 3.57. The number of aryl methyl sites for hydroxylation is 1. The van der Waals surface area contributed by atoms with Gasteiger partial charge in [-0.3, -0.25) is 9.48 Å². The Hall–Kier alpha value is -2.67. The Labute approximate surface area is 164 Å². The van der Waals surface area contributed by atoms with Crippen LogP contribution in [0.5, 0.6) is 5.75 Å². The van der Waals surface area contributed by atoms with Crippen LogP contribution in [0.4, 0.5) is 4.39 Å². The van der Waals surface area contributed by atoms with Gasteiger partial charge in [-0.15, -0.1) is 0 Å². The highest BCUT2D eigenvalue weighted by atomic mass is 79.9. The molecule has 3 aromatic rings. The number of halogens is 2. The third-order valence-electron chi connectivity index (χ3n) is 4.76. The van der Waals surface area contributed by atoms with Crippen LogP contribution in [-0.2, 0) is 20.1 Å². The van der Waals surface area contributed by atoms with Crippen LogP contribution in [0.1, 0.15) is 21.6 Å². The fraction of sp³-hybridized carbons (Fsp3) is 0.200. The summed E-state index contributed by atoms with van der Waals surface area (Å²) in [5.41, 5.74) is 4.05. The van der Waals surface area contributed by atoms with E-state index in [2.05, 4.69) is 21.0 Å².